The third-order valence-corrected chi connectivity index (χ3v) is 5.54. The van der Waals surface area contributed by atoms with Gasteiger partial charge < -0.3 is 14.6 Å². The molecule has 0 aromatic rings. The van der Waals surface area contributed by atoms with Crippen LogP contribution in [-0.2, 0) is 28.4 Å². The number of hydrogen-bond acceptors (Lipinski definition) is 9. The number of alkyl halides is 2. The van der Waals surface area contributed by atoms with E-state index in [9.17, 15) is 23.5 Å². The molecule has 4 rings (SSSR count). The summed E-state index contributed by atoms with van der Waals surface area (Å²) in [5, 5.41) is 17.2. The van der Waals surface area contributed by atoms with Crippen molar-refractivity contribution in [3.8, 4) is 0 Å². The van der Waals surface area contributed by atoms with Gasteiger partial charge in [-0.05, 0) is 43.9 Å². The third kappa shape index (κ3) is 4.05. The first-order valence-electron chi connectivity index (χ1n) is 7.81. The molecule has 2 N–H and O–H groups in total. The van der Waals surface area contributed by atoms with Crippen LogP contribution >= 0.6 is 12.0 Å². The first-order valence-corrected chi connectivity index (χ1v) is 8.55. The molecule has 4 saturated carbocycles. The minimum atomic E-state index is -4.17. The highest BCUT2D eigenvalue weighted by Crippen LogP contribution is 2.58. The van der Waals surface area contributed by atoms with E-state index in [0.717, 1.165) is 6.42 Å². The molecule has 142 valence electrons. The standard InChI is InChI=1S/C14H18F2O8S/c15-14(16,25-24-23-20)11(18)21-6-10(17)22-13-4-8-1-9(5-13)3-12(19,2-8)7-13/h8-9,19-20H,1-7H2. The Balaban J connectivity index is 1.52. The van der Waals surface area contributed by atoms with Gasteiger partial charge in [-0.2, -0.15) is 8.78 Å². The summed E-state index contributed by atoms with van der Waals surface area (Å²) in [6.45, 7) is -0.982. The van der Waals surface area contributed by atoms with Crippen LogP contribution in [0.15, 0.2) is 0 Å². The zero-order chi connectivity index (χ0) is 18.3. The second kappa shape index (κ2) is 6.62. The Bertz CT molecular complexity index is 543. The van der Waals surface area contributed by atoms with Crippen LogP contribution in [0.4, 0.5) is 8.78 Å². The molecule has 0 heterocycles. The Morgan fingerprint density at radius 3 is 2.40 bits per heavy atom. The van der Waals surface area contributed by atoms with Crippen molar-refractivity contribution in [2.75, 3.05) is 6.61 Å². The van der Waals surface area contributed by atoms with E-state index in [0.29, 0.717) is 32.1 Å². The molecule has 11 heteroatoms. The van der Waals surface area contributed by atoms with E-state index in [1.54, 1.807) is 0 Å². The van der Waals surface area contributed by atoms with Crippen LogP contribution < -0.4 is 0 Å². The van der Waals surface area contributed by atoms with E-state index in [1.807, 2.05) is 0 Å². The van der Waals surface area contributed by atoms with E-state index in [1.165, 1.54) is 0 Å². The van der Waals surface area contributed by atoms with Gasteiger partial charge in [-0.15, -0.1) is 4.33 Å². The van der Waals surface area contributed by atoms with Gasteiger partial charge in [-0.25, -0.2) is 14.8 Å². The second-order valence-electron chi connectivity index (χ2n) is 7.16. The van der Waals surface area contributed by atoms with Crippen LogP contribution in [0.5, 0.6) is 0 Å². The number of halogens is 2. The van der Waals surface area contributed by atoms with Crippen molar-refractivity contribution in [2.24, 2.45) is 11.8 Å². The Kier molecular flexibility index (Phi) is 4.97. The molecule has 8 nitrogen and oxygen atoms in total. The van der Waals surface area contributed by atoms with Crippen molar-refractivity contribution in [1.29, 1.82) is 0 Å². The largest absolute Gasteiger partial charge is 0.456 e. The van der Waals surface area contributed by atoms with Gasteiger partial charge in [-0.1, -0.05) is 5.04 Å². The Hall–Kier alpha value is -1.01. The maximum Gasteiger partial charge on any atom is 0.415 e. The lowest BCUT2D eigenvalue weighted by Gasteiger charge is -2.59. The number of carbonyl (C=O) groups is 2. The molecule has 0 spiro atoms. The van der Waals surface area contributed by atoms with E-state index in [4.69, 9.17) is 9.99 Å². The number of ether oxygens (including phenoxy) is 2. The average Bonchev–Trinajstić information content (AvgIpc) is 2.47. The quantitative estimate of drug-likeness (QED) is 0.294. The monoisotopic (exact) mass is 384 g/mol. The van der Waals surface area contributed by atoms with Gasteiger partial charge in [0.05, 0.1) is 5.60 Å². The molecule has 0 radical (unpaired) electrons. The number of aliphatic hydroxyl groups is 1. The summed E-state index contributed by atoms with van der Waals surface area (Å²) in [5.41, 5.74) is -1.65. The van der Waals surface area contributed by atoms with E-state index < -0.39 is 47.0 Å². The lowest BCUT2D eigenvalue weighted by molar-refractivity contribution is -0.433. The summed E-state index contributed by atoms with van der Waals surface area (Å²) in [6, 6.07) is 0. The normalized spacial score (nSPS) is 36.3. The molecular formula is C14H18F2O8S. The van der Waals surface area contributed by atoms with Crippen molar-refractivity contribution in [3.63, 3.8) is 0 Å². The zero-order valence-electron chi connectivity index (χ0n) is 13.1. The van der Waals surface area contributed by atoms with Crippen LogP contribution in [0.25, 0.3) is 0 Å². The van der Waals surface area contributed by atoms with E-state index in [-0.39, 0.29) is 11.8 Å². The summed E-state index contributed by atoms with van der Waals surface area (Å²) in [5.74, 6) is -2.43. The lowest BCUT2D eigenvalue weighted by atomic mass is 9.52. The van der Waals surface area contributed by atoms with Gasteiger partial charge in [0.25, 0.3) is 0 Å². The van der Waals surface area contributed by atoms with Crippen LogP contribution in [0.1, 0.15) is 38.5 Å². The molecule has 0 amide bonds. The van der Waals surface area contributed by atoms with Gasteiger partial charge in [0.1, 0.15) is 17.6 Å². The summed E-state index contributed by atoms with van der Waals surface area (Å²) < 4.78 is 39.6. The SMILES string of the molecule is O=C(COC(=O)C(F)(F)SOOO)OC12CC3CC(CC(O)(C3)C1)C2. The molecule has 4 aliphatic rings. The van der Waals surface area contributed by atoms with Gasteiger partial charge >= 0.3 is 17.2 Å². The zero-order valence-corrected chi connectivity index (χ0v) is 13.9. The maximum atomic E-state index is 13.2. The van der Waals surface area contributed by atoms with Gasteiger partial charge in [0.15, 0.2) is 6.61 Å². The van der Waals surface area contributed by atoms with Crippen molar-refractivity contribution in [2.45, 2.75) is 55.0 Å². The fourth-order valence-electron chi connectivity index (χ4n) is 4.82. The Labute approximate surface area is 145 Å². The number of esters is 2. The predicted octanol–water partition coefficient (Wildman–Crippen LogP) is 1.82. The van der Waals surface area contributed by atoms with Crippen molar-refractivity contribution in [3.05, 3.63) is 0 Å². The molecule has 0 aromatic carbocycles. The highest BCUT2D eigenvalue weighted by molar-refractivity contribution is 7.96. The molecule has 2 atom stereocenters. The molecule has 0 aliphatic heterocycles. The third-order valence-electron chi connectivity index (χ3n) is 5.03. The first-order chi connectivity index (χ1) is 11.7. The highest BCUT2D eigenvalue weighted by atomic mass is 32.2. The van der Waals surface area contributed by atoms with E-state index in [2.05, 4.69) is 14.1 Å². The van der Waals surface area contributed by atoms with Crippen molar-refractivity contribution >= 4 is 24.0 Å². The molecule has 4 bridgehead atoms. The Morgan fingerprint density at radius 2 is 1.84 bits per heavy atom. The van der Waals surface area contributed by atoms with Gasteiger partial charge in [0.2, 0.25) is 0 Å². The molecular weight excluding hydrogens is 366 g/mol. The molecule has 0 aromatic heterocycles. The summed E-state index contributed by atoms with van der Waals surface area (Å²) >= 11 is -0.772. The fraction of sp³-hybridized carbons (Fsp3) is 0.857. The smallest absolute Gasteiger partial charge is 0.415 e. The minimum absolute atomic E-state index is 0.276. The second-order valence-corrected chi connectivity index (χ2v) is 7.98. The highest BCUT2D eigenvalue weighted by Gasteiger charge is 2.59. The minimum Gasteiger partial charge on any atom is -0.456 e. The molecule has 2 unspecified atom stereocenters. The summed E-state index contributed by atoms with van der Waals surface area (Å²) in [4.78, 5) is 23.2. The van der Waals surface area contributed by atoms with Gasteiger partial charge in [-0.3, -0.25) is 0 Å². The predicted molar refractivity (Wildman–Crippen MR) is 76.8 cm³/mol. The van der Waals surface area contributed by atoms with Crippen LogP contribution in [-0.4, -0.2) is 45.4 Å². The van der Waals surface area contributed by atoms with Crippen LogP contribution in [0.3, 0.4) is 0 Å². The summed E-state index contributed by atoms with van der Waals surface area (Å²) in [6.07, 6.45) is 3.94. The molecule has 4 fully saturated rings. The van der Waals surface area contributed by atoms with Crippen molar-refractivity contribution < 1.29 is 47.6 Å². The number of hydrogen-bond donors (Lipinski definition) is 2. The first kappa shape index (κ1) is 18.8. The van der Waals surface area contributed by atoms with E-state index >= 15 is 0 Å². The van der Waals surface area contributed by atoms with Crippen molar-refractivity contribution in [1.82, 2.24) is 0 Å². The maximum absolute atomic E-state index is 13.2. The average molecular weight is 384 g/mol. The summed E-state index contributed by atoms with van der Waals surface area (Å²) in [7, 11) is 0. The Morgan fingerprint density at radius 1 is 1.20 bits per heavy atom. The molecule has 4 aliphatic carbocycles. The van der Waals surface area contributed by atoms with Crippen LogP contribution in [0, 0.1) is 11.8 Å². The number of carbonyl (C=O) groups excluding carboxylic acids is 2. The van der Waals surface area contributed by atoms with Crippen LogP contribution in [0.2, 0.25) is 0 Å². The molecule has 0 saturated heterocycles. The molecule has 25 heavy (non-hydrogen) atoms. The fourth-order valence-corrected chi connectivity index (χ4v) is 5.06. The van der Waals surface area contributed by atoms with Gasteiger partial charge in [0, 0.05) is 6.42 Å². The topological polar surface area (TPSA) is 112 Å². The number of rotatable bonds is 7. The lowest BCUT2D eigenvalue weighted by Crippen LogP contribution is -2.60.